The fourth-order valence-electron chi connectivity index (χ4n) is 3.81. The second-order valence-electron chi connectivity index (χ2n) is 8.18. The Bertz CT molecular complexity index is 1620. The number of H-pyrrole nitrogens is 1. The third kappa shape index (κ3) is 4.34. The van der Waals surface area contributed by atoms with Crippen molar-refractivity contribution in [1.82, 2.24) is 15.0 Å². The predicted molar refractivity (Wildman–Crippen MR) is 140 cm³/mol. The van der Waals surface area contributed by atoms with Crippen molar-refractivity contribution in [3.05, 3.63) is 92.5 Å². The average molecular weight is 487 g/mol. The third-order valence-corrected chi connectivity index (χ3v) is 7.97. The van der Waals surface area contributed by atoms with Gasteiger partial charge in [-0.1, -0.05) is 35.9 Å². The van der Waals surface area contributed by atoms with E-state index < -0.39 is 0 Å². The van der Waals surface area contributed by atoms with E-state index in [1.54, 1.807) is 24.9 Å². The molecular formula is C26H22N4O2S2. The van der Waals surface area contributed by atoms with Gasteiger partial charge in [-0.15, -0.1) is 23.1 Å². The van der Waals surface area contributed by atoms with E-state index in [-0.39, 0.29) is 11.5 Å². The molecule has 0 atom stereocenters. The maximum Gasteiger partial charge on any atom is 0.266 e. The van der Waals surface area contributed by atoms with Crippen LogP contribution in [0, 0.1) is 20.8 Å². The van der Waals surface area contributed by atoms with Gasteiger partial charge < -0.3 is 10.3 Å². The number of hydrogen-bond donors (Lipinski definition) is 2. The first-order valence-electron chi connectivity index (χ1n) is 10.8. The molecule has 0 saturated heterocycles. The van der Waals surface area contributed by atoms with Crippen LogP contribution in [0.1, 0.15) is 32.2 Å². The molecule has 2 aromatic carbocycles. The number of aromatic amines is 1. The number of pyridine rings is 1. The van der Waals surface area contributed by atoms with Gasteiger partial charge in [0.2, 0.25) is 0 Å². The molecule has 1 amide bonds. The predicted octanol–water partition coefficient (Wildman–Crippen LogP) is 6.00. The van der Waals surface area contributed by atoms with Gasteiger partial charge in [0, 0.05) is 10.3 Å². The summed E-state index contributed by atoms with van der Waals surface area (Å²) in [7, 11) is 0. The number of hydrogen-bond acceptors (Lipinski definition) is 6. The van der Waals surface area contributed by atoms with Crippen LogP contribution in [-0.4, -0.2) is 20.9 Å². The lowest BCUT2D eigenvalue weighted by Gasteiger charge is -2.06. The first-order valence-corrected chi connectivity index (χ1v) is 12.6. The number of nitrogens with one attached hydrogen (secondary N) is 2. The SMILES string of the molecule is Cc1ccc(C)c(SCc2nc3sc(C(=O)Nc4cnc5ccccc5c4)c(C)c3c(=O)[nH]2)c1. The van der Waals surface area contributed by atoms with Gasteiger partial charge in [0.1, 0.15) is 10.7 Å². The molecule has 34 heavy (non-hydrogen) atoms. The van der Waals surface area contributed by atoms with E-state index in [1.165, 1.54) is 22.5 Å². The number of benzene rings is 2. The van der Waals surface area contributed by atoms with E-state index in [1.807, 2.05) is 30.3 Å². The number of thioether (sulfide) groups is 1. The Kier molecular flexibility index (Phi) is 5.93. The number of carbonyl (C=O) groups excluding carboxylic acids is 1. The summed E-state index contributed by atoms with van der Waals surface area (Å²) in [5, 5.41) is 4.32. The fourth-order valence-corrected chi connectivity index (χ4v) is 5.90. The zero-order valence-electron chi connectivity index (χ0n) is 18.9. The number of aryl methyl sites for hydroxylation is 3. The molecule has 2 N–H and O–H groups in total. The largest absolute Gasteiger partial charge is 0.320 e. The Morgan fingerprint density at radius 2 is 1.94 bits per heavy atom. The lowest BCUT2D eigenvalue weighted by molar-refractivity contribution is 0.103. The molecule has 8 heteroatoms. The second kappa shape index (κ2) is 9.04. The Morgan fingerprint density at radius 1 is 1.12 bits per heavy atom. The lowest BCUT2D eigenvalue weighted by atomic mass is 10.2. The van der Waals surface area contributed by atoms with E-state index in [9.17, 15) is 9.59 Å². The number of thiophene rings is 1. The third-order valence-electron chi connectivity index (χ3n) is 5.61. The molecule has 0 spiro atoms. The minimum absolute atomic E-state index is 0.221. The Labute approximate surface area is 204 Å². The number of rotatable bonds is 5. The van der Waals surface area contributed by atoms with Crippen LogP contribution >= 0.6 is 23.1 Å². The van der Waals surface area contributed by atoms with Gasteiger partial charge in [-0.05, 0) is 50.1 Å². The number of amides is 1. The summed E-state index contributed by atoms with van der Waals surface area (Å²) >= 11 is 2.87. The zero-order valence-corrected chi connectivity index (χ0v) is 20.6. The van der Waals surface area contributed by atoms with Gasteiger partial charge in [-0.3, -0.25) is 14.6 Å². The van der Waals surface area contributed by atoms with Gasteiger partial charge in [0.15, 0.2) is 0 Å². The molecule has 0 aliphatic heterocycles. The average Bonchev–Trinajstić information content (AvgIpc) is 3.16. The monoisotopic (exact) mass is 486 g/mol. The number of carbonyl (C=O) groups is 1. The molecule has 170 valence electrons. The van der Waals surface area contributed by atoms with Crippen LogP contribution < -0.4 is 10.9 Å². The molecule has 5 rings (SSSR count). The van der Waals surface area contributed by atoms with Gasteiger partial charge in [-0.25, -0.2) is 4.98 Å². The number of anilines is 1. The topological polar surface area (TPSA) is 87.7 Å². The molecule has 0 saturated carbocycles. The highest BCUT2D eigenvalue weighted by Gasteiger charge is 2.20. The molecule has 0 aliphatic carbocycles. The summed E-state index contributed by atoms with van der Waals surface area (Å²) in [6, 6.07) is 15.9. The highest BCUT2D eigenvalue weighted by Crippen LogP contribution is 2.30. The normalized spacial score (nSPS) is 11.3. The van der Waals surface area contributed by atoms with Crippen molar-refractivity contribution in [3.63, 3.8) is 0 Å². The van der Waals surface area contributed by atoms with Crippen LogP contribution in [0.2, 0.25) is 0 Å². The van der Waals surface area contributed by atoms with Crippen molar-refractivity contribution >= 4 is 55.8 Å². The summed E-state index contributed by atoms with van der Waals surface area (Å²) in [5.74, 6) is 0.857. The molecular weight excluding hydrogens is 464 g/mol. The molecule has 3 heterocycles. The number of fused-ring (bicyclic) bond motifs is 2. The number of para-hydroxylation sites is 1. The summed E-state index contributed by atoms with van der Waals surface area (Å²) in [6.45, 7) is 5.91. The van der Waals surface area contributed by atoms with Gasteiger partial charge in [0.25, 0.3) is 11.5 Å². The molecule has 5 aromatic rings. The van der Waals surface area contributed by atoms with Crippen LogP contribution in [0.3, 0.4) is 0 Å². The summed E-state index contributed by atoms with van der Waals surface area (Å²) in [6.07, 6.45) is 1.64. The van der Waals surface area contributed by atoms with E-state index in [2.05, 4.69) is 52.3 Å². The van der Waals surface area contributed by atoms with Crippen molar-refractivity contribution in [2.24, 2.45) is 0 Å². The molecule has 0 unspecified atom stereocenters. The van der Waals surface area contributed by atoms with E-state index in [4.69, 9.17) is 0 Å². The van der Waals surface area contributed by atoms with Crippen LogP contribution in [0.5, 0.6) is 0 Å². The molecule has 0 radical (unpaired) electrons. The Morgan fingerprint density at radius 3 is 2.79 bits per heavy atom. The van der Waals surface area contributed by atoms with Crippen molar-refractivity contribution < 1.29 is 4.79 Å². The van der Waals surface area contributed by atoms with Gasteiger partial charge >= 0.3 is 0 Å². The van der Waals surface area contributed by atoms with Crippen molar-refractivity contribution in [3.8, 4) is 0 Å². The number of nitrogens with zero attached hydrogens (tertiary/aromatic N) is 2. The fraction of sp³-hybridized carbons (Fsp3) is 0.154. The minimum Gasteiger partial charge on any atom is -0.320 e. The highest BCUT2D eigenvalue weighted by molar-refractivity contribution is 7.98. The molecule has 3 aromatic heterocycles. The van der Waals surface area contributed by atoms with Crippen LogP contribution in [0.25, 0.3) is 21.1 Å². The number of aromatic nitrogens is 3. The van der Waals surface area contributed by atoms with Crippen LogP contribution in [0.15, 0.2) is 64.4 Å². The molecule has 6 nitrogen and oxygen atoms in total. The Balaban J connectivity index is 1.41. The minimum atomic E-state index is -0.275. The van der Waals surface area contributed by atoms with Crippen LogP contribution in [-0.2, 0) is 5.75 Å². The second-order valence-corrected chi connectivity index (χ2v) is 10.2. The smallest absolute Gasteiger partial charge is 0.266 e. The van der Waals surface area contributed by atoms with E-state index in [0.717, 1.165) is 15.8 Å². The molecule has 0 fully saturated rings. The van der Waals surface area contributed by atoms with Crippen molar-refractivity contribution in [1.29, 1.82) is 0 Å². The summed E-state index contributed by atoms with van der Waals surface area (Å²) in [4.78, 5) is 40.1. The van der Waals surface area contributed by atoms with Crippen molar-refractivity contribution in [2.75, 3.05) is 5.32 Å². The van der Waals surface area contributed by atoms with Crippen LogP contribution in [0.4, 0.5) is 5.69 Å². The summed E-state index contributed by atoms with van der Waals surface area (Å²) < 4.78 is 0. The van der Waals surface area contributed by atoms with E-state index >= 15 is 0 Å². The maximum absolute atomic E-state index is 13.0. The molecule has 0 aliphatic rings. The first kappa shape index (κ1) is 22.3. The van der Waals surface area contributed by atoms with Gasteiger partial charge in [0.05, 0.1) is 33.4 Å². The molecule has 0 bridgehead atoms. The standard InChI is InChI=1S/C26H22N4O2S2/c1-14-8-9-15(2)20(10-14)33-13-21-29-24(31)22-16(3)23(34-26(22)30-21)25(32)28-18-11-17-6-4-5-7-19(17)27-12-18/h4-12H,13H2,1-3H3,(H,28,32)(H,29,30,31). The first-order chi connectivity index (χ1) is 16.4. The van der Waals surface area contributed by atoms with Gasteiger partial charge in [-0.2, -0.15) is 0 Å². The van der Waals surface area contributed by atoms with Crippen molar-refractivity contribution in [2.45, 2.75) is 31.4 Å². The van der Waals surface area contributed by atoms with E-state index in [0.29, 0.717) is 37.9 Å². The highest BCUT2D eigenvalue weighted by atomic mass is 32.2. The Hall–Kier alpha value is -3.49. The lowest BCUT2D eigenvalue weighted by Crippen LogP contribution is -2.13. The summed E-state index contributed by atoms with van der Waals surface area (Å²) in [5.41, 5.74) is 4.26. The zero-order chi connectivity index (χ0) is 23.8. The maximum atomic E-state index is 13.0. The quantitative estimate of drug-likeness (QED) is 0.297.